The lowest BCUT2D eigenvalue weighted by Crippen LogP contribution is -2.14. The van der Waals surface area contributed by atoms with Gasteiger partial charge in [0.1, 0.15) is 0 Å². The van der Waals surface area contributed by atoms with Gasteiger partial charge in [-0.15, -0.1) is 0 Å². The summed E-state index contributed by atoms with van der Waals surface area (Å²) in [4.78, 5) is 12.3. The summed E-state index contributed by atoms with van der Waals surface area (Å²) in [6, 6.07) is 6.72. The Kier molecular flexibility index (Phi) is 3.00. The molecule has 0 radical (unpaired) electrons. The number of rotatable bonds is 1. The molecule has 2 nitrogen and oxygen atoms in total. The summed E-state index contributed by atoms with van der Waals surface area (Å²) in [6.07, 6.45) is 2.74. The van der Waals surface area contributed by atoms with E-state index in [0.717, 1.165) is 25.1 Å². The highest BCUT2D eigenvalue weighted by Crippen LogP contribution is 2.35. The number of carbonyl (C=O) groups is 1. The van der Waals surface area contributed by atoms with Gasteiger partial charge in [0.05, 0.1) is 5.69 Å². The van der Waals surface area contributed by atoms with Gasteiger partial charge < -0.3 is 4.57 Å². The zero-order valence-corrected chi connectivity index (χ0v) is 12.9. The molecule has 3 rings (SSSR count). The van der Waals surface area contributed by atoms with Crippen molar-refractivity contribution in [3.8, 4) is 0 Å². The van der Waals surface area contributed by atoms with Gasteiger partial charge in [0.15, 0.2) is 5.78 Å². The van der Waals surface area contributed by atoms with E-state index in [4.69, 9.17) is 0 Å². The molecule has 0 N–H and O–H groups in total. The SMILES string of the molecule is CCn1c2c(c3cc(C(C)(C)C)ccc31)CCCC2=O. The van der Waals surface area contributed by atoms with Crippen LogP contribution in [0.4, 0.5) is 0 Å². The molecule has 1 aliphatic rings. The molecule has 2 aromatic rings. The van der Waals surface area contributed by atoms with Crippen LogP contribution in [-0.4, -0.2) is 10.4 Å². The van der Waals surface area contributed by atoms with Gasteiger partial charge in [-0.3, -0.25) is 4.79 Å². The molecule has 1 aliphatic carbocycles. The standard InChI is InChI=1S/C18H23NO/c1-5-19-15-10-9-12(18(2,3)4)11-14(15)13-7-6-8-16(20)17(13)19/h9-11H,5-8H2,1-4H3. The summed E-state index contributed by atoms with van der Waals surface area (Å²) < 4.78 is 2.21. The third-order valence-electron chi connectivity index (χ3n) is 4.45. The summed E-state index contributed by atoms with van der Waals surface area (Å²) in [5.74, 6) is 0.321. The number of Topliss-reactive ketones (excluding diaryl/α,β-unsaturated/α-hetero) is 1. The Hall–Kier alpha value is -1.57. The highest BCUT2D eigenvalue weighted by atomic mass is 16.1. The average Bonchev–Trinajstić information content (AvgIpc) is 2.72. The van der Waals surface area contributed by atoms with E-state index in [9.17, 15) is 4.79 Å². The first-order valence-corrected chi connectivity index (χ1v) is 7.62. The highest BCUT2D eigenvalue weighted by molar-refractivity contribution is 6.04. The molecule has 20 heavy (non-hydrogen) atoms. The van der Waals surface area contributed by atoms with Crippen LogP contribution in [0.25, 0.3) is 10.9 Å². The monoisotopic (exact) mass is 269 g/mol. The number of hydrogen-bond acceptors (Lipinski definition) is 1. The second-order valence-corrected chi connectivity index (χ2v) is 6.83. The smallest absolute Gasteiger partial charge is 0.179 e. The predicted molar refractivity (Wildman–Crippen MR) is 83.6 cm³/mol. The van der Waals surface area contributed by atoms with Gasteiger partial charge in [-0.1, -0.05) is 26.8 Å². The maximum Gasteiger partial charge on any atom is 0.179 e. The fourth-order valence-electron chi connectivity index (χ4n) is 3.34. The first-order chi connectivity index (χ1) is 9.43. The third kappa shape index (κ3) is 1.90. The van der Waals surface area contributed by atoms with Gasteiger partial charge in [-0.05, 0) is 48.4 Å². The predicted octanol–water partition coefficient (Wildman–Crippen LogP) is 4.48. The van der Waals surface area contributed by atoms with E-state index in [1.807, 2.05) is 0 Å². The van der Waals surface area contributed by atoms with E-state index in [1.54, 1.807) is 0 Å². The molecule has 0 saturated carbocycles. The van der Waals surface area contributed by atoms with Crippen LogP contribution in [0.5, 0.6) is 0 Å². The molecule has 2 heteroatoms. The lowest BCUT2D eigenvalue weighted by atomic mass is 9.85. The Morgan fingerprint density at radius 2 is 1.95 bits per heavy atom. The van der Waals surface area contributed by atoms with Crippen molar-refractivity contribution in [1.82, 2.24) is 4.57 Å². The Labute approximate surface area is 120 Å². The summed E-state index contributed by atoms with van der Waals surface area (Å²) in [6.45, 7) is 9.71. The van der Waals surface area contributed by atoms with E-state index in [0.29, 0.717) is 12.2 Å². The zero-order chi connectivity index (χ0) is 14.5. The van der Waals surface area contributed by atoms with Crippen LogP contribution in [0.15, 0.2) is 18.2 Å². The lowest BCUT2D eigenvalue weighted by Gasteiger charge is -2.19. The normalized spacial score (nSPS) is 15.7. The van der Waals surface area contributed by atoms with E-state index < -0.39 is 0 Å². The number of aryl methyl sites for hydroxylation is 2. The number of ketones is 1. The number of fused-ring (bicyclic) bond motifs is 3. The van der Waals surface area contributed by atoms with Crippen molar-refractivity contribution in [2.45, 2.75) is 58.9 Å². The summed E-state index contributed by atoms with van der Waals surface area (Å²) in [7, 11) is 0. The molecular formula is C18H23NO. The molecule has 106 valence electrons. The van der Waals surface area contributed by atoms with Crippen LogP contribution in [0, 0.1) is 0 Å². The molecule has 1 aromatic carbocycles. The first-order valence-electron chi connectivity index (χ1n) is 7.62. The van der Waals surface area contributed by atoms with Crippen LogP contribution >= 0.6 is 0 Å². The second kappa shape index (κ2) is 4.47. The van der Waals surface area contributed by atoms with Crippen LogP contribution in [0.3, 0.4) is 0 Å². The summed E-state index contributed by atoms with van der Waals surface area (Å²) >= 11 is 0. The molecule has 0 saturated heterocycles. The number of aromatic nitrogens is 1. The molecule has 0 atom stereocenters. The molecule has 0 aliphatic heterocycles. The minimum Gasteiger partial charge on any atom is -0.338 e. The van der Waals surface area contributed by atoms with Crippen molar-refractivity contribution < 1.29 is 4.79 Å². The molecule has 0 spiro atoms. The van der Waals surface area contributed by atoms with Gasteiger partial charge in [-0.25, -0.2) is 0 Å². The van der Waals surface area contributed by atoms with Crippen LogP contribution < -0.4 is 0 Å². The Morgan fingerprint density at radius 3 is 2.60 bits per heavy atom. The zero-order valence-electron chi connectivity index (χ0n) is 12.9. The minimum atomic E-state index is 0.147. The highest BCUT2D eigenvalue weighted by Gasteiger charge is 2.26. The van der Waals surface area contributed by atoms with Gasteiger partial charge in [0, 0.05) is 23.9 Å². The van der Waals surface area contributed by atoms with Crippen LogP contribution in [0.2, 0.25) is 0 Å². The number of nitrogens with zero attached hydrogens (tertiary/aromatic N) is 1. The molecular weight excluding hydrogens is 246 g/mol. The van der Waals surface area contributed by atoms with Gasteiger partial charge in [0.25, 0.3) is 0 Å². The Balaban J connectivity index is 2.33. The first kappa shape index (κ1) is 13.4. The molecule has 0 amide bonds. The average molecular weight is 269 g/mol. The third-order valence-corrected chi connectivity index (χ3v) is 4.45. The second-order valence-electron chi connectivity index (χ2n) is 6.83. The molecule has 0 fully saturated rings. The van der Waals surface area contributed by atoms with Gasteiger partial charge in [-0.2, -0.15) is 0 Å². The number of hydrogen-bond donors (Lipinski definition) is 0. The largest absolute Gasteiger partial charge is 0.338 e. The van der Waals surface area contributed by atoms with Crippen molar-refractivity contribution in [2.75, 3.05) is 0 Å². The van der Waals surface area contributed by atoms with Gasteiger partial charge in [0.2, 0.25) is 0 Å². The number of benzene rings is 1. The lowest BCUT2D eigenvalue weighted by molar-refractivity contribution is 0.0963. The number of carbonyl (C=O) groups excluding carboxylic acids is 1. The van der Waals surface area contributed by atoms with Gasteiger partial charge >= 0.3 is 0 Å². The quantitative estimate of drug-likeness (QED) is 0.748. The maximum atomic E-state index is 12.3. The Morgan fingerprint density at radius 1 is 1.20 bits per heavy atom. The fourth-order valence-corrected chi connectivity index (χ4v) is 3.34. The molecule has 0 unspecified atom stereocenters. The van der Waals surface area contributed by atoms with E-state index in [2.05, 4.69) is 50.5 Å². The van der Waals surface area contributed by atoms with Crippen LogP contribution in [0.1, 0.15) is 62.2 Å². The van der Waals surface area contributed by atoms with Crippen molar-refractivity contribution >= 4 is 16.7 Å². The van der Waals surface area contributed by atoms with E-state index in [1.165, 1.54) is 22.0 Å². The van der Waals surface area contributed by atoms with E-state index in [-0.39, 0.29) is 5.41 Å². The topological polar surface area (TPSA) is 22.0 Å². The fraction of sp³-hybridized carbons (Fsp3) is 0.500. The summed E-state index contributed by atoms with van der Waals surface area (Å²) in [5, 5.41) is 1.29. The molecule has 1 heterocycles. The van der Waals surface area contributed by atoms with Crippen molar-refractivity contribution in [2.24, 2.45) is 0 Å². The van der Waals surface area contributed by atoms with Crippen LogP contribution in [-0.2, 0) is 18.4 Å². The Bertz CT molecular complexity index is 685. The molecule has 1 aromatic heterocycles. The van der Waals surface area contributed by atoms with Crippen molar-refractivity contribution in [1.29, 1.82) is 0 Å². The van der Waals surface area contributed by atoms with E-state index >= 15 is 0 Å². The molecule has 0 bridgehead atoms. The maximum absolute atomic E-state index is 12.3. The van der Waals surface area contributed by atoms with Crippen molar-refractivity contribution in [3.05, 3.63) is 35.0 Å². The summed E-state index contributed by atoms with van der Waals surface area (Å²) in [5.41, 5.74) is 4.97. The minimum absolute atomic E-state index is 0.147. The van der Waals surface area contributed by atoms with Crippen molar-refractivity contribution in [3.63, 3.8) is 0 Å².